The number of likely N-dealkylation sites (N-methyl/N-ethyl adjacent to an activating group) is 1. The van der Waals surface area contributed by atoms with Crippen molar-refractivity contribution in [3.05, 3.63) is 47.7 Å². The number of rotatable bonds is 3. The highest BCUT2D eigenvalue weighted by atomic mass is 19.1. The van der Waals surface area contributed by atoms with E-state index in [1.807, 2.05) is 24.0 Å². The van der Waals surface area contributed by atoms with Crippen LogP contribution in [0, 0.1) is 18.6 Å². The number of aryl methyl sites for hydroxylation is 1. The number of anilines is 2. The van der Waals surface area contributed by atoms with Gasteiger partial charge in [0.15, 0.2) is 5.82 Å². The average molecular weight is 333 g/mol. The summed E-state index contributed by atoms with van der Waals surface area (Å²) in [6, 6.07) is 6.55. The molecule has 1 saturated heterocycles. The van der Waals surface area contributed by atoms with Gasteiger partial charge in [0.2, 0.25) is 0 Å². The van der Waals surface area contributed by atoms with Crippen LogP contribution in [0.1, 0.15) is 5.69 Å². The SMILES string of the molecule is Cc1ccc(N2CC(N(C)C(=O)Nc3c(F)cccc3F)C2)nn1. The summed E-state index contributed by atoms with van der Waals surface area (Å²) in [5.41, 5.74) is 0.397. The molecule has 1 N–H and O–H groups in total. The van der Waals surface area contributed by atoms with E-state index in [0.717, 1.165) is 23.6 Å². The molecule has 0 aliphatic carbocycles. The van der Waals surface area contributed by atoms with Crippen LogP contribution in [-0.4, -0.2) is 47.3 Å². The first-order valence-electron chi connectivity index (χ1n) is 7.49. The Balaban J connectivity index is 1.59. The average Bonchev–Trinajstić information content (AvgIpc) is 2.51. The van der Waals surface area contributed by atoms with Crippen LogP contribution in [0.3, 0.4) is 0 Å². The van der Waals surface area contributed by atoms with E-state index < -0.39 is 23.4 Å². The van der Waals surface area contributed by atoms with Gasteiger partial charge in [0.05, 0.1) is 11.7 Å². The molecular formula is C16H17F2N5O. The lowest BCUT2D eigenvalue weighted by molar-refractivity contribution is 0.191. The third-order valence-corrected chi connectivity index (χ3v) is 4.03. The topological polar surface area (TPSA) is 61.4 Å². The molecule has 1 fully saturated rings. The van der Waals surface area contributed by atoms with Crippen molar-refractivity contribution >= 4 is 17.5 Å². The minimum absolute atomic E-state index is 0.0667. The number of benzene rings is 1. The maximum absolute atomic E-state index is 13.6. The quantitative estimate of drug-likeness (QED) is 0.937. The largest absolute Gasteiger partial charge is 0.351 e. The van der Waals surface area contributed by atoms with Crippen molar-refractivity contribution in [2.75, 3.05) is 30.4 Å². The summed E-state index contributed by atoms with van der Waals surface area (Å²) < 4.78 is 27.2. The molecule has 2 heterocycles. The van der Waals surface area contributed by atoms with Gasteiger partial charge in [-0.05, 0) is 31.2 Å². The summed E-state index contributed by atoms with van der Waals surface area (Å²) in [4.78, 5) is 15.6. The van der Waals surface area contributed by atoms with Gasteiger partial charge in [0, 0.05) is 20.1 Å². The van der Waals surface area contributed by atoms with Crippen LogP contribution in [0.4, 0.5) is 25.1 Å². The molecule has 8 heteroatoms. The normalized spacial score (nSPS) is 14.2. The number of urea groups is 1. The zero-order valence-corrected chi connectivity index (χ0v) is 13.3. The number of aromatic nitrogens is 2. The molecule has 24 heavy (non-hydrogen) atoms. The Morgan fingerprint density at radius 1 is 1.21 bits per heavy atom. The lowest BCUT2D eigenvalue weighted by atomic mass is 10.1. The number of carbonyl (C=O) groups is 1. The van der Waals surface area contributed by atoms with Gasteiger partial charge >= 0.3 is 6.03 Å². The number of para-hydroxylation sites is 1. The van der Waals surface area contributed by atoms with Gasteiger partial charge in [-0.15, -0.1) is 5.10 Å². The van der Waals surface area contributed by atoms with Gasteiger partial charge in [-0.2, -0.15) is 5.10 Å². The van der Waals surface area contributed by atoms with E-state index in [1.54, 1.807) is 7.05 Å². The maximum Gasteiger partial charge on any atom is 0.322 e. The van der Waals surface area contributed by atoms with Crippen LogP contribution in [0.15, 0.2) is 30.3 Å². The molecule has 0 unspecified atom stereocenters. The molecule has 2 amide bonds. The highest BCUT2D eigenvalue weighted by molar-refractivity contribution is 5.89. The second kappa shape index (κ2) is 6.38. The Bertz CT molecular complexity index is 726. The maximum atomic E-state index is 13.6. The van der Waals surface area contributed by atoms with Crippen molar-refractivity contribution in [2.24, 2.45) is 0 Å². The molecule has 1 aromatic carbocycles. The van der Waals surface area contributed by atoms with E-state index in [2.05, 4.69) is 15.5 Å². The summed E-state index contributed by atoms with van der Waals surface area (Å²) in [6.45, 7) is 3.03. The first kappa shape index (κ1) is 16.1. The summed E-state index contributed by atoms with van der Waals surface area (Å²) in [7, 11) is 1.59. The first-order valence-corrected chi connectivity index (χ1v) is 7.49. The van der Waals surface area contributed by atoms with Crippen LogP contribution < -0.4 is 10.2 Å². The molecule has 0 atom stereocenters. The summed E-state index contributed by atoms with van der Waals surface area (Å²) >= 11 is 0. The fourth-order valence-electron chi connectivity index (χ4n) is 2.43. The van der Waals surface area contributed by atoms with Crippen LogP contribution in [0.2, 0.25) is 0 Å². The van der Waals surface area contributed by atoms with Crippen molar-refractivity contribution in [1.29, 1.82) is 0 Å². The second-order valence-corrected chi connectivity index (χ2v) is 5.73. The van der Waals surface area contributed by atoms with Crippen molar-refractivity contribution < 1.29 is 13.6 Å². The van der Waals surface area contributed by atoms with Gasteiger partial charge in [-0.3, -0.25) is 0 Å². The molecule has 1 aliphatic rings. The molecule has 6 nitrogen and oxygen atoms in total. The van der Waals surface area contributed by atoms with E-state index in [0.29, 0.717) is 13.1 Å². The third-order valence-electron chi connectivity index (χ3n) is 4.03. The molecule has 126 valence electrons. The minimum Gasteiger partial charge on any atom is -0.351 e. The van der Waals surface area contributed by atoms with E-state index in [4.69, 9.17) is 0 Å². The standard InChI is InChI=1S/C16H17F2N5O/c1-10-6-7-14(21-20-10)23-8-11(9-23)22(2)16(24)19-15-12(17)4-3-5-13(15)18/h3-7,11H,8-9H2,1-2H3,(H,19,24). The Kier molecular flexibility index (Phi) is 4.28. The fraction of sp³-hybridized carbons (Fsp3) is 0.312. The monoisotopic (exact) mass is 333 g/mol. The van der Waals surface area contributed by atoms with Crippen molar-refractivity contribution in [2.45, 2.75) is 13.0 Å². The van der Waals surface area contributed by atoms with Crippen LogP contribution >= 0.6 is 0 Å². The lowest BCUT2D eigenvalue weighted by Gasteiger charge is -2.44. The second-order valence-electron chi connectivity index (χ2n) is 5.73. The Morgan fingerprint density at radius 3 is 2.46 bits per heavy atom. The molecule has 0 saturated carbocycles. The van der Waals surface area contributed by atoms with Gasteiger partial charge in [-0.25, -0.2) is 13.6 Å². The minimum atomic E-state index is -0.804. The summed E-state index contributed by atoms with van der Waals surface area (Å²) in [5, 5.41) is 10.4. The molecule has 0 spiro atoms. The number of halogens is 2. The van der Waals surface area contributed by atoms with Crippen molar-refractivity contribution in [1.82, 2.24) is 15.1 Å². The Labute approximate surface area is 138 Å². The molecular weight excluding hydrogens is 316 g/mol. The van der Waals surface area contributed by atoms with Gasteiger partial charge in [0.1, 0.15) is 17.3 Å². The molecule has 0 bridgehead atoms. The van der Waals surface area contributed by atoms with Gasteiger partial charge in [-0.1, -0.05) is 6.07 Å². The number of carbonyl (C=O) groups excluding carboxylic acids is 1. The predicted molar refractivity (Wildman–Crippen MR) is 85.9 cm³/mol. The van der Waals surface area contributed by atoms with Crippen LogP contribution in [0.5, 0.6) is 0 Å². The number of hydrogen-bond acceptors (Lipinski definition) is 4. The highest BCUT2D eigenvalue weighted by Gasteiger charge is 2.33. The molecule has 3 rings (SSSR count). The van der Waals surface area contributed by atoms with E-state index in [1.165, 1.54) is 11.0 Å². The number of nitrogens with zero attached hydrogens (tertiary/aromatic N) is 4. The fourth-order valence-corrected chi connectivity index (χ4v) is 2.43. The highest BCUT2D eigenvalue weighted by Crippen LogP contribution is 2.22. The van der Waals surface area contributed by atoms with Crippen molar-refractivity contribution in [3.8, 4) is 0 Å². The van der Waals surface area contributed by atoms with E-state index in [-0.39, 0.29) is 6.04 Å². The number of amides is 2. The molecule has 1 aromatic heterocycles. The zero-order chi connectivity index (χ0) is 17.3. The Hall–Kier alpha value is -2.77. The summed E-state index contributed by atoms with van der Waals surface area (Å²) in [6.07, 6.45) is 0. The van der Waals surface area contributed by atoms with Crippen LogP contribution in [0.25, 0.3) is 0 Å². The number of nitrogens with one attached hydrogen (secondary N) is 1. The lowest BCUT2D eigenvalue weighted by Crippen LogP contribution is -2.60. The Morgan fingerprint density at radius 2 is 1.88 bits per heavy atom. The smallest absolute Gasteiger partial charge is 0.322 e. The summed E-state index contributed by atoms with van der Waals surface area (Å²) in [5.74, 6) is -0.866. The number of hydrogen-bond donors (Lipinski definition) is 1. The molecule has 1 aliphatic heterocycles. The van der Waals surface area contributed by atoms with Gasteiger partial charge < -0.3 is 15.1 Å². The van der Waals surface area contributed by atoms with E-state index in [9.17, 15) is 13.6 Å². The first-order chi connectivity index (χ1) is 11.5. The van der Waals surface area contributed by atoms with Crippen LogP contribution in [-0.2, 0) is 0 Å². The van der Waals surface area contributed by atoms with E-state index >= 15 is 0 Å². The van der Waals surface area contributed by atoms with Gasteiger partial charge in [0.25, 0.3) is 0 Å². The predicted octanol–water partition coefficient (Wildman–Crippen LogP) is 2.42. The van der Waals surface area contributed by atoms with Crippen molar-refractivity contribution in [3.63, 3.8) is 0 Å². The third kappa shape index (κ3) is 3.12. The molecule has 2 aromatic rings. The zero-order valence-electron chi connectivity index (χ0n) is 13.3. The molecule has 0 radical (unpaired) electrons.